The second kappa shape index (κ2) is 7.44. The zero-order chi connectivity index (χ0) is 14.4. The van der Waals surface area contributed by atoms with E-state index >= 15 is 0 Å². The van der Waals surface area contributed by atoms with E-state index in [0.717, 1.165) is 43.9 Å². The highest BCUT2D eigenvalue weighted by molar-refractivity contribution is 5.75. The number of nitrogens with one attached hydrogen (secondary N) is 1. The molecule has 1 N–H and O–H groups in total. The van der Waals surface area contributed by atoms with E-state index in [-0.39, 0.29) is 0 Å². The Morgan fingerprint density at radius 1 is 1.20 bits per heavy atom. The second-order valence-corrected chi connectivity index (χ2v) is 5.85. The van der Waals surface area contributed by atoms with Gasteiger partial charge in [-0.25, -0.2) is 4.98 Å². The van der Waals surface area contributed by atoms with Crippen LogP contribution in [0.2, 0.25) is 0 Å². The molecule has 0 aliphatic rings. The lowest BCUT2D eigenvalue weighted by Crippen LogP contribution is -2.22. The van der Waals surface area contributed by atoms with Crippen molar-refractivity contribution in [2.75, 3.05) is 13.1 Å². The van der Waals surface area contributed by atoms with Gasteiger partial charge in [0.1, 0.15) is 5.82 Å². The lowest BCUT2D eigenvalue weighted by molar-refractivity contribution is 0.517. The van der Waals surface area contributed by atoms with Gasteiger partial charge >= 0.3 is 0 Å². The van der Waals surface area contributed by atoms with Crippen LogP contribution in [0.4, 0.5) is 0 Å². The zero-order valence-electron chi connectivity index (χ0n) is 13.0. The Morgan fingerprint density at radius 3 is 2.75 bits per heavy atom. The van der Waals surface area contributed by atoms with Gasteiger partial charge in [-0.05, 0) is 37.4 Å². The van der Waals surface area contributed by atoms with Crippen LogP contribution in [0.1, 0.15) is 39.4 Å². The molecule has 3 nitrogen and oxygen atoms in total. The van der Waals surface area contributed by atoms with E-state index in [9.17, 15) is 0 Å². The van der Waals surface area contributed by atoms with Crippen LogP contribution in [0.5, 0.6) is 0 Å². The molecule has 3 heteroatoms. The molecule has 0 spiro atoms. The predicted octanol–water partition coefficient (Wildman–Crippen LogP) is 3.62. The van der Waals surface area contributed by atoms with Gasteiger partial charge in [0.15, 0.2) is 0 Å². The first-order valence-corrected chi connectivity index (χ1v) is 7.87. The number of hydrogen-bond acceptors (Lipinski definition) is 2. The predicted molar refractivity (Wildman–Crippen MR) is 86.1 cm³/mol. The number of imidazole rings is 1. The fourth-order valence-corrected chi connectivity index (χ4v) is 2.50. The van der Waals surface area contributed by atoms with Gasteiger partial charge in [0, 0.05) is 19.5 Å². The van der Waals surface area contributed by atoms with Gasteiger partial charge in [0.25, 0.3) is 0 Å². The van der Waals surface area contributed by atoms with Crippen LogP contribution in [-0.2, 0) is 13.0 Å². The van der Waals surface area contributed by atoms with Gasteiger partial charge in [0.2, 0.25) is 0 Å². The summed E-state index contributed by atoms with van der Waals surface area (Å²) in [7, 11) is 0. The summed E-state index contributed by atoms with van der Waals surface area (Å²) in [5, 5.41) is 3.54. The van der Waals surface area contributed by atoms with Crippen LogP contribution in [0, 0.1) is 5.92 Å². The average molecular weight is 273 g/mol. The highest BCUT2D eigenvalue weighted by atomic mass is 15.1. The van der Waals surface area contributed by atoms with E-state index in [1.165, 1.54) is 17.8 Å². The van der Waals surface area contributed by atoms with Crippen LogP contribution in [0.25, 0.3) is 11.0 Å². The molecule has 0 saturated carbocycles. The largest absolute Gasteiger partial charge is 0.327 e. The molecular formula is C17H27N3. The molecule has 1 aromatic carbocycles. The molecule has 2 aromatic rings. The van der Waals surface area contributed by atoms with Crippen LogP contribution < -0.4 is 5.32 Å². The summed E-state index contributed by atoms with van der Waals surface area (Å²) in [6.45, 7) is 9.88. The van der Waals surface area contributed by atoms with Crippen molar-refractivity contribution in [3.63, 3.8) is 0 Å². The number of rotatable bonds is 8. The number of hydrogen-bond donors (Lipinski definition) is 1. The summed E-state index contributed by atoms with van der Waals surface area (Å²) >= 11 is 0. The Kier molecular flexibility index (Phi) is 5.60. The van der Waals surface area contributed by atoms with Gasteiger partial charge in [-0.15, -0.1) is 0 Å². The Balaban J connectivity index is 2.01. The van der Waals surface area contributed by atoms with Gasteiger partial charge in [-0.3, -0.25) is 0 Å². The molecule has 110 valence electrons. The third-order valence-corrected chi connectivity index (χ3v) is 3.62. The van der Waals surface area contributed by atoms with Crippen LogP contribution >= 0.6 is 0 Å². The fraction of sp³-hybridized carbons (Fsp3) is 0.588. The quantitative estimate of drug-likeness (QED) is 0.744. The number of aryl methyl sites for hydroxylation is 1. The van der Waals surface area contributed by atoms with Crippen molar-refractivity contribution < 1.29 is 0 Å². The van der Waals surface area contributed by atoms with Gasteiger partial charge in [0.05, 0.1) is 11.0 Å². The maximum absolute atomic E-state index is 4.76. The van der Waals surface area contributed by atoms with Gasteiger partial charge in [-0.1, -0.05) is 32.9 Å². The van der Waals surface area contributed by atoms with Crippen molar-refractivity contribution in [3.8, 4) is 0 Å². The normalized spacial score (nSPS) is 11.6. The van der Waals surface area contributed by atoms with E-state index in [0.29, 0.717) is 0 Å². The number of benzene rings is 1. The average Bonchev–Trinajstić information content (AvgIpc) is 2.76. The topological polar surface area (TPSA) is 29.9 Å². The van der Waals surface area contributed by atoms with E-state index in [2.05, 4.69) is 54.9 Å². The minimum absolute atomic E-state index is 0.771. The molecule has 0 fully saturated rings. The number of fused-ring (bicyclic) bond motifs is 1. The molecule has 0 saturated heterocycles. The van der Waals surface area contributed by atoms with Crippen molar-refractivity contribution in [2.24, 2.45) is 5.92 Å². The fourth-order valence-electron chi connectivity index (χ4n) is 2.50. The molecule has 0 radical (unpaired) electrons. The summed E-state index contributed by atoms with van der Waals surface area (Å²) in [5.41, 5.74) is 2.39. The van der Waals surface area contributed by atoms with Crippen molar-refractivity contribution in [1.82, 2.24) is 14.9 Å². The molecule has 20 heavy (non-hydrogen) atoms. The second-order valence-electron chi connectivity index (χ2n) is 5.85. The molecule has 0 amide bonds. The standard InChI is InChI=1S/C17H27N3/c1-4-7-17-19-15-8-5-6-9-16(15)20(17)13-12-18-11-10-14(2)3/h5-6,8-9,14,18H,4,7,10-13H2,1-3H3. The van der Waals surface area contributed by atoms with Gasteiger partial charge < -0.3 is 9.88 Å². The van der Waals surface area contributed by atoms with E-state index in [1.54, 1.807) is 0 Å². The number of para-hydroxylation sites is 2. The first-order chi connectivity index (χ1) is 9.72. The smallest absolute Gasteiger partial charge is 0.109 e. The lowest BCUT2D eigenvalue weighted by atomic mass is 10.1. The van der Waals surface area contributed by atoms with Crippen LogP contribution in [-0.4, -0.2) is 22.6 Å². The van der Waals surface area contributed by atoms with E-state index in [1.807, 2.05) is 0 Å². The van der Waals surface area contributed by atoms with Gasteiger partial charge in [-0.2, -0.15) is 0 Å². The third kappa shape index (κ3) is 3.83. The minimum atomic E-state index is 0.771. The summed E-state index contributed by atoms with van der Waals surface area (Å²) in [4.78, 5) is 4.76. The molecule has 1 heterocycles. The minimum Gasteiger partial charge on any atom is -0.327 e. The maximum Gasteiger partial charge on any atom is 0.109 e. The zero-order valence-corrected chi connectivity index (χ0v) is 13.0. The van der Waals surface area contributed by atoms with E-state index in [4.69, 9.17) is 4.98 Å². The van der Waals surface area contributed by atoms with Crippen molar-refractivity contribution in [2.45, 2.75) is 46.6 Å². The van der Waals surface area contributed by atoms with Crippen molar-refractivity contribution in [3.05, 3.63) is 30.1 Å². The van der Waals surface area contributed by atoms with Crippen LogP contribution in [0.15, 0.2) is 24.3 Å². The molecule has 0 unspecified atom stereocenters. The van der Waals surface area contributed by atoms with Crippen molar-refractivity contribution in [1.29, 1.82) is 0 Å². The van der Waals surface area contributed by atoms with Crippen LogP contribution in [0.3, 0.4) is 0 Å². The Morgan fingerprint density at radius 2 is 2.00 bits per heavy atom. The monoisotopic (exact) mass is 273 g/mol. The number of nitrogens with zero attached hydrogens (tertiary/aromatic N) is 2. The summed E-state index contributed by atoms with van der Waals surface area (Å²) in [5.74, 6) is 1.99. The summed E-state index contributed by atoms with van der Waals surface area (Å²) in [6.07, 6.45) is 3.44. The highest BCUT2D eigenvalue weighted by Crippen LogP contribution is 2.16. The highest BCUT2D eigenvalue weighted by Gasteiger charge is 2.08. The molecule has 0 aliphatic heterocycles. The molecule has 0 bridgehead atoms. The molecular weight excluding hydrogens is 246 g/mol. The third-order valence-electron chi connectivity index (χ3n) is 3.62. The number of aromatic nitrogens is 2. The Bertz CT molecular complexity index is 528. The summed E-state index contributed by atoms with van der Waals surface area (Å²) in [6, 6.07) is 8.45. The SMILES string of the molecule is CCCc1nc2ccccc2n1CCNCCC(C)C. The first-order valence-electron chi connectivity index (χ1n) is 7.87. The maximum atomic E-state index is 4.76. The Labute approximate surface area is 122 Å². The van der Waals surface area contributed by atoms with Crippen molar-refractivity contribution >= 4 is 11.0 Å². The molecule has 0 atom stereocenters. The summed E-state index contributed by atoms with van der Waals surface area (Å²) < 4.78 is 2.38. The lowest BCUT2D eigenvalue weighted by Gasteiger charge is -2.10. The van der Waals surface area contributed by atoms with E-state index < -0.39 is 0 Å². The Hall–Kier alpha value is -1.35. The molecule has 1 aromatic heterocycles. The molecule has 2 rings (SSSR count). The first kappa shape index (κ1) is 15.0. The molecule has 0 aliphatic carbocycles.